The third-order valence-corrected chi connectivity index (χ3v) is 4.08. The summed E-state index contributed by atoms with van der Waals surface area (Å²) in [6.45, 7) is 2.97. The van der Waals surface area contributed by atoms with Gasteiger partial charge in [-0.25, -0.2) is 0 Å². The number of ether oxygens (including phenoxy) is 2. The fourth-order valence-corrected chi connectivity index (χ4v) is 2.56. The number of aliphatic carboxylic acids is 1. The van der Waals surface area contributed by atoms with Crippen LogP contribution < -0.4 is 15.2 Å². The van der Waals surface area contributed by atoms with Crippen molar-refractivity contribution in [2.24, 2.45) is 17.6 Å². The van der Waals surface area contributed by atoms with E-state index in [0.717, 1.165) is 12.1 Å². The van der Waals surface area contributed by atoms with Gasteiger partial charge in [0.2, 0.25) is 0 Å². The van der Waals surface area contributed by atoms with Crippen LogP contribution in [0.25, 0.3) is 0 Å². The summed E-state index contributed by atoms with van der Waals surface area (Å²) in [4.78, 5) is 11.1. The average Bonchev–Trinajstić information content (AvgIpc) is 2.48. The lowest BCUT2D eigenvalue weighted by molar-refractivity contribution is -0.276. The van der Waals surface area contributed by atoms with E-state index in [0.29, 0.717) is 6.07 Å². The summed E-state index contributed by atoms with van der Waals surface area (Å²) >= 11 is 0. The Balaban J connectivity index is 3.17. The van der Waals surface area contributed by atoms with E-state index in [4.69, 9.17) is 10.8 Å². The van der Waals surface area contributed by atoms with Crippen molar-refractivity contribution < 1.29 is 45.7 Å². The lowest BCUT2D eigenvalue weighted by Gasteiger charge is -2.25. The van der Waals surface area contributed by atoms with E-state index in [1.165, 1.54) is 6.92 Å². The molecule has 154 valence electrons. The SMILES string of the molecule is CC(CC(CN)C(=O)O)C(C)c1ccc(OC(F)(F)F)cc1OC(F)(F)F. The monoisotopic (exact) mass is 403 g/mol. The molecule has 5 nitrogen and oxygen atoms in total. The molecule has 1 aromatic rings. The zero-order chi connectivity index (χ0) is 21.0. The molecule has 0 fully saturated rings. The molecule has 3 N–H and O–H groups in total. The van der Waals surface area contributed by atoms with Gasteiger partial charge in [-0.1, -0.05) is 19.9 Å². The average molecular weight is 403 g/mol. The van der Waals surface area contributed by atoms with Crippen LogP contribution >= 0.6 is 0 Å². The lowest BCUT2D eigenvalue weighted by atomic mass is 9.82. The second kappa shape index (κ2) is 8.68. The summed E-state index contributed by atoms with van der Waals surface area (Å²) in [5, 5.41) is 9.05. The van der Waals surface area contributed by atoms with Crippen molar-refractivity contribution >= 4 is 5.97 Å². The van der Waals surface area contributed by atoms with Crippen LogP contribution in [-0.2, 0) is 4.79 Å². The molecule has 11 heteroatoms. The molecule has 1 rings (SSSR count). The molecule has 0 saturated heterocycles. The number of hydrogen-bond acceptors (Lipinski definition) is 4. The maximum atomic E-state index is 12.6. The maximum absolute atomic E-state index is 12.6. The molecule has 0 radical (unpaired) electrons. The van der Waals surface area contributed by atoms with E-state index in [9.17, 15) is 31.1 Å². The predicted octanol–water partition coefficient (Wildman–Crippen LogP) is 4.27. The molecule has 0 spiro atoms. The number of rotatable bonds is 8. The van der Waals surface area contributed by atoms with Crippen molar-refractivity contribution in [3.8, 4) is 11.5 Å². The Morgan fingerprint density at radius 2 is 1.67 bits per heavy atom. The highest BCUT2D eigenvalue weighted by molar-refractivity contribution is 5.70. The van der Waals surface area contributed by atoms with Gasteiger partial charge < -0.3 is 20.3 Å². The molecular formula is C16H19F6NO4. The normalized spacial score (nSPS) is 15.7. The van der Waals surface area contributed by atoms with Crippen LogP contribution in [0.2, 0.25) is 0 Å². The topological polar surface area (TPSA) is 81.8 Å². The van der Waals surface area contributed by atoms with Gasteiger partial charge in [-0.2, -0.15) is 0 Å². The van der Waals surface area contributed by atoms with Gasteiger partial charge in [0.05, 0.1) is 5.92 Å². The van der Waals surface area contributed by atoms with Gasteiger partial charge in [0, 0.05) is 12.6 Å². The van der Waals surface area contributed by atoms with Crippen molar-refractivity contribution in [1.82, 2.24) is 0 Å². The Hall–Kier alpha value is -2.17. The van der Waals surface area contributed by atoms with Crippen LogP contribution in [0.1, 0.15) is 31.7 Å². The van der Waals surface area contributed by atoms with Gasteiger partial charge in [-0.05, 0) is 29.9 Å². The summed E-state index contributed by atoms with van der Waals surface area (Å²) in [7, 11) is 0. The zero-order valence-corrected chi connectivity index (χ0v) is 14.4. The van der Waals surface area contributed by atoms with E-state index in [2.05, 4.69) is 9.47 Å². The Bertz CT molecular complexity index is 647. The number of carboxylic acids is 1. The van der Waals surface area contributed by atoms with Gasteiger partial charge in [0.15, 0.2) is 0 Å². The summed E-state index contributed by atoms with van der Waals surface area (Å²) in [6, 6.07) is 2.39. The van der Waals surface area contributed by atoms with E-state index >= 15 is 0 Å². The maximum Gasteiger partial charge on any atom is 0.573 e. The molecule has 3 atom stereocenters. The van der Waals surface area contributed by atoms with E-state index in [-0.39, 0.29) is 18.5 Å². The molecule has 27 heavy (non-hydrogen) atoms. The van der Waals surface area contributed by atoms with Crippen molar-refractivity contribution in [2.75, 3.05) is 6.54 Å². The Morgan fingerprint density at radius 3 is 2.11 bits per heavy atom. The molecule has 0 aliphatic heterocycles. The largest absolute Gasteiger partial charge is 0.573 e. The first-order valence-corrected chi connectivity index (χ1v) is 7.81. The number of hydrogen-bond donors (Lipinski definition) is 2. The first kappa shape index (κ1) is 22.9. The molecule has 0 aliphatic rings. The van der Waals surface area contributed by atoms with Crippen molar-refractivity contribution in [3.05, 3.63) is 23.8 Å². The number of carboxylic acid groups (broad SMARTS) is 1. The Morgan fingerprint density at radius 1 is 1.11 bits per heavy atom. The molecule has 0 aromatic heterocycles. The molecule has 0 saturated carbocycles. The highest BCUT2D eigenvalue weighted by atomic mass is 19.4. The minimum absolute atomic E-state index is 0.0319. The molecule has 0 bridgehead atoms. The lowest BCUT2D eigenvalue weighted by Crippen LogP contribution is -2.27. The number of carbonyl (C=O) groups is 1. The van der Waals surface area contributed by atoms with Crippen LogP contribution in [0, 0.1) is 11.8 Å². The first-order valence-electron chi connectivity index (χ1n) is 7.81. The fourth-order valence-electron chi connectivity index (χ4n) is 2.56. The highest BCUT2D eigenvalue weighted by Gasteiger charge is 2.35. The minimum Gasteiger partial charge on any atom is -0.481 e. The van der Waals surface area contributed by atoms with Gasteiger partial charge in [0.25, 0.3) is 0 Å². The predicted molar refractivity (Wildman–Crippen MR) is 82.2 cm³/mol. The van der Waals surface area contributed by atoms with Crippen LogP contribution in [0.15, 0.2) is 18.2 Å². The number of nitrogens with two attached hydrogens (primary N) is 1. The molecule has 3 unspecified atom stereocenters. The van der Waals surface area contributed by atoms with Gasteiger partial charge in [-0.3, -0.25) is 4.79 Å². The van der Waals surface area contributed by atoms with Crippen molar-refractivity contribution in [3.63, 3.8) is 0 Å². The summed E-state index contributed by atoms with van der Waals surface area (Å²) < 4.78 is 82.3. The molecule has 1 aromatic carbocycles. The fraction of sp³-hybridized carbons (Fsp3) is 0.562. The molecule has 0 amide bonds. The van der Waals surface area contributed by atoms with E-state index < -0.39 is 47.9 Å². The van der Waals surface area contributed by atoms with E-state index in [1.807, 2.05) is 0 Å². The third-order valence-electron chi connectivity index (χ3n) is 4.08. The quantitative estimate of drug-likeness (QED) is 0.634. The van der Waals surface area contributed by atoms with Gasteiger partial charge in [0.1, 0.15) is 11.5 Å². The van der Waals surface area contributed by atoms with Crippen LogP contribution in [0.4, 0.5) is 26.3 Å². The molecular weight excluding hydrogens is 384 g/mol. The third kappa shape index (κ3) is 7.53. The minimum atomic E-state index is -5.13. The van der Waals surface area contributed by atoms with Crippen molar-refractivity contribution in [1.29, 1.82) is 0 Å². The zero-order valence-electron chi connectivity index (χ0n) is 14.4. The smallest absolute Gasteiger partial charge is 0.481 e. The highest BCUT2D eigenvalue weighted by Crippen LogP contribution is 2.39. The van der Waals surface area contributed by atoms with Crippen LogP contribution in [0.5, 0.6) is 11.5 Å². The van der Waals surface area contributed by atoms with E-state index in [1.54, 1.807) is 6.92 Å². The summed E-state index contributed by atoms with van der Waals surface area (Å²) in [5.41, 5.74) is 5.34. The van der Waals surface area contributed by atoms with Crippen molar-refractivity contribution in [2.45, 2.75) is 38.9 Å². The molecule has 0 heterocycles. The summed E-state index contributed by atoms with van der Waals surface area (Å²) in [5.74, 6) is -4.85. The van der Waals surface area contributed by atoms with Gasteiger partial charge in [-0.15, -0.1) is 26.3 Å². The second-order valence-electron chi connectivity index (χ2n) is 6.07. The van der Waals surface area contributed by atoms with Crippen LogP contribution in [0.3, 0.4) is 0 Å². The number of alkyl halides is 6. The number of halogens is 6. The standard InChI is InChI=1S/C16H19F6NO4/c1-8(5-10(7-23)14(24)25)9(2)12-4-3-11(26-15(17,18)19)6-13(12)27-16(20,21)22/h3-4,6,8-10H,5,7,23H2,1-2H3,(H,24,25). The Labute approximate surface area is 151 Å². The van der Waals surface area contributed by atoms with Gasteiger partial charge >= 0.3 is 18.7 Å². The first-order chi connectivity index (χ1) is 12.2. The second-order valence-corrected chi connectivity index (χ2v) is 6.07. The summed E-state index contributed by atoms with van der Waals surface area (Å²) in [6.07, 6.45) is -10.1. The van der Waals surface area contributed by atoms with Crippen LogP contribution in [-0.4, -0.2) is 30.3 Å². The Kier molecular flexibility index (Phi) is 7.35. The molecule has 0 aliphatic carbocycles. The number of benzene rings is 1.